The van der Waals surface area contributed by atoms with E-state index in [-0.39, 0.29) is 16.5 Å². The predicted octanol–water partition coefficient (Wildman–Crippen LogP) is 1.65. The van der Waals surface area contributed by atoms with Crippen LogP contribution >= 0.6 is 15.9 Å². The number of morpholine rings is 1. The molecule has 0 spiro atoms. The SMILES string of the molecule is CNCC1CN(C(=O)c2cccc(F)c2Br)CCO1. The van der Waals surface area contributed by atoms with Crippen molar-refractivity contribution >= 4 is 21.8 Å². The summed E-state index contributed by atoms with van der Waals surface area (Å²) in [5.41, 5.74) is 0.352. The minimum atomic E-state index is -0.425. The first-order chi connectivity index (χ1) is 9.13. The van der Waals surface area contributed by atoms with Crippen LogP contribution in [0.3, 0.4) is 0 Å². The number of nitrogens with one attached hydrogen (secondary N) is 1. The molecule has 0 aromatic heterocycles. The molecule has 2 rings (SSSR count). The molecule has 1 aliphatic rings. The van der Waals surface area contributed by atoms with E-state index in [1.807, 2.05) is 7.05 Å². The van der Waals surface area contributed by atoms with Gasteiger partial charge in [-0.05, 0) is 35.1 Å². The van der Waals surface area contributed by atoms with Gasteiger partial charge in [-0.25, -0.2) is 4.39 Å². The monoisotopic (exact) mass is 330 g/mol. The third kappa shape index (κ3) is 3.32. The van der Waals surface area contributed by atoms with E-state index in [9.17, 15) is 9.18 Å². The van der Waals surface area contributed by atoms with E-state index >= 15 is 0 Å². The van der Waals surface area contributed by atoms with Crippen molar-refractivity contribution in [3.05, 3.63) is 34.1 Å². The van der Waals surface area contributed by atoms with Crippen LogP contribution in [0.15, 0.2) is 22.7 Å². The van der Waals surface area contributed by atoms with Gasteiger partial charge in [-0.1, -0.05) is 6.07 Å². The van der Waals surface area contributed by atoms with Crippen molar-refractivity contribution in [3.63, 3.8) is 0 Å². The van der Waals surface area contributed by atoms with Crippen LogP contribution in [0.4, 0.5) is 4.39 Å². The Morgan fingerprint density at radius 2 is 2.42 bits per heavy atom. The first kappa shape index (κ1) is 14.4. The van der Waals surface area contributed by atoms with Crippen LogP contribution in [0.2, 0.25) is 0 Å². The number of rotatable bonds is 3. The second-order valence-electron chi connectivity index (χ2n) is 4.40. The average molecular weight is 331 g/mol. The molecule has 1 amide bonds. The van der Waals surface area contributed by atoms with Gasteiger partial charge in [-0.15, -0.1) is 0 Å². The lowest BCUT2D eigenvalue weighted by Gasteiger charge is -2.33. The summed E-state index contributed by atoms with van der Waals surface area (Å²) in [5, 5.41) is 3.02. The predicted molar refractivity (Wildman–Crippen MR) is 73.7 cm³/mol. The van der Waals surface area contributed by atoms with Crippen LogP contribution in [0.25, 0.3) is 0 Å². The third-order valence-electron chi connectivity index (χ3n) is 3.04. The summed E-state index contributed by atoms with van der Waals surface area (Å²) in [4.78, 5) is 14.1. The van der Waals surface area contributed by atoms with Gasteiger partial charge in [0.15, 0.2) is 0 Å². The molecule has 1 fully saturated rings. The van der Waals surface area contributed by atoms with E-state index in [0.717, 1.165) is 0 Å². The number of hydrogen-bond donors (Lipinski definition) is 1. The molecule has 4 nitrogen and oxygen atoms in total. The number of amides is 1. The van der Waals surface area contributed by atoms with Crippen molar-refractivity contribution in [1.29, 1.82) is 0 Å². The minimum Gasteiger partial charge on any atom is -0.373 e. The Morgan fingerprint density at radius 1 is 1.63 bits per heavy atom. The van der Waals surface area contributed by atoms with Crippen molar-refractivity contribution in [2.75, 3.05) is 33.3 Å². The van der Waals surface area contributed by atoms with Crippen LogP contribution in [0.1, 0.15) is 10.4 Å². The zero-order valence-electron chi connectivity index (χ0n) is 10.7. The number of carbonyl (C=O) groups excluding carboxylic acids is 1. The lowest BCUT2D eigenvalue weighted by atomic mass is 10.1. The van der Waals surface area contributed by atoms with Crippen molar-refractivity contribution < 1.29 is 13.9 Å². The molecule has 1 N–H and O–H groups in total. The Balaban J connectivity index is 2.12. The van der Waals surface area contributed by atoms with Crippen LogP contribution in [-0.4, -0.2) is 50.2 Å². The summed E-state index contributed by atoms with van der Waals surface area (Å²) >= 11 is 3.13. The van der Waals surface area contributed by atoms with Gasteiger partial charge in [0.1, 0.15) is 5.82 Å². The number of hydrogen-bond acceptors (Lipinski definition) is 3. The molecule has 6 heteroatoms. The zero-order chi connectivity index (χ0) is 13.8. The molecule has 0 saturated carbocycles. The number of likely N-dealkylation sites (N-methyl/N-ethyl adjacent to an activating group) is 1. The highest BCUT2D eigenvalue weighted by molar-refractivity contribution is 9.10. The fourth-order valence-electron chi connectivity index (χ4n) is 2.09. The molecule has 1 aliphatic heterocycles. The largest absolute Gasteiger partial charge is 0.373 e. The smallest absolute Gasteiger partial charge is 0.255 e. The lowest BCUT2D eigenvalue weighted by molar-refractivity contribution is -0.0196. The normalized spacial score (nSPS) is 19.5. The summed E-state index contributed by atoms with van der Waals surface area (Å²) in [6.45, 7) is 2.24. The fraction of sp³-hybridized carbons (Fsp3) is 0.462. The van der Waals surface area contributed by atoms with Gasteiger partial charge in [0.05, 0.1) is 22.7 Å². The first-order valence-electron chi connectivity index (χ1n) is 6.13. The van der Waals surface area contributed by atoms with Gasteiger partial charge in [-0.3, -0.25) is 4.79 Å². The Labute approximate surface area is 120 Å². The maximum absolute atomic E-state index is 13.5. The van der Waals surface area contributed by atoms with E-state index in [4.69, 9.17) is 4.74 Å². The highest BCUT2D eigenvalue weighted by atomic mass is 79.9. The van der Waals surface area contributed by atoms with E-state index in [0.29, 0.717) is 31.8 Å². The van der Waals surface area contributed by atoms with E-state index in [1.54, 1.807) is 17.0 Å². The van der Waals surface area contributed by atoms with Gasteiger partial charge in [0.2, 0.25) is 0 Å². The Hall–Kier alpha value is -0.980. The number of ether oxygens (including phenoxy) is 1. The zero-order valence-corrected chi connectivity index (χ0v) is 12.2. The second kappa shape index (κ2) is 6.45. The molecule has 0 radical (unpaired) electrons. The summed E-state index contributed by atoms with van der Waals surface area (Å²) in [7, 11) is 1.84. The fourth-order valence-corrected chi connectivity index (χ4v) is 2.53. The van der Waals surface area contributed by atoms with E-state index < -0.39 is 5.82 Å². The second-order valence-corrected chi connectivity index (χ2v) is 5.20. The van der Waals surface area contributed by atoms with Gasteiger partial charge >= 0.3 is 0 Å². The van der Waals surface area contributed by atoms with Crippen LogP contribution in [-0.2, 0) is 4.74 Å². The van der Waals surface area contributed by atoms with Gasteiger partial charge < -0.3 is 15.0 Å². The molecular weight excluding hydrogens is 315 g/mol. The lowest BCUT2D eigenvalue weighted by Crippen LogP contribution is -2.48. The van der Waals surface area contributed by atoms with Gasteiger partial charge in [-0.2, -0.15) is 0 Å². The molecule has 1 atom stereocenters. The van der Waals surface area contributed by atoms with Crippen LogP contribution in [0.5, 0.6) is 0 Å². The standard InChI is InChI=1S/C13H16BrFN2O2/c1-16-7-9-8-17(5-6-19-9)13(18)10-3-2-4-11(15)12(10)14/h2-4,9,16H,5-8H2,1H3. The molecule has 0 bridgehead atoms. The molecule has 1 saturated heterocycles. The highest BCUT2D eigenvalue weighted by Gasteiger charge is 2.26. The highest BCUT2D eigenvalue weighted by Crippen LogP contribution is 2.22. The molecule has 1 heterocycles. The van der Waals surface area contributed by atoms with Crippen LogP contribution in [0, 0.1) is 5.82 Å². The average Bonchev–Trinajstić information content (AvgIpc) is 2.42. The molecule has 1 unspecified atom stereocenters. The number of carbonyl (C=O) groups is 1. The van der Waals surface area contributed by atoms with Crippen molar-refractivity contribution in [2.24, 2.45) is 0 Å². The number of halogens is 2. The quantitative estimate of drug-likeness (QED) is 0.916. The van der Waals surface area contributed by atoms with Crippen molar-refractivity contribution in [2.45, 2.75) is 6.10 Å². The van der Waals surface area contributed by atoms with Gasteiger partial charge in [0.25, 0.3) is 5.91 Å². The summed E-state index contributed by atoms with van der Waals surface area (Å²) in [5.74, 6) is -0.596. The molecule has 0 aliphatic carbocycles. The van der Waals surface area contributed by atoms with Gasteiger partial charge in [0, 0.05) is 19.6 Å². The third-order valence-corrected chi connectivity index (χ3v) is 3.85. The molecule has 1 aromatic rings. The van der Waals surface area contributed by atoms with E-state index in [1.165, 1.54) is 6.07 Å². The van der Waals surface area contributed by atoms with Crippen LogP contribution < -0.4 is 5.32 Å². The number of benzene rings is 1. The summed E-state index contributed by atoms with van der Waals surface area (Å²) in [6.07, 6.45) is -0.0185. The summed E-state index contributed by atoms with van der Waals surface area (Å²) < 4.78 is 19.2. The molecule has 1 aromatic carbocycles. The maximum atomic E-state index is 13.5. The topological polar surface area (TPSA) is 41.6 Å². The number of nitrogens with zero attached hydrogens (tertiary/aromatic N) is 1. The minimum absolute atomic E-state index is 0.0185. The maximum Gasteiger partial charge on any atom is 0.255 e. The molecule has 104 valence electrons. The van der Waals surface area contributed by atoms with Crippen molar-refractivity contribution in [1.82, 2.24) is 10.2 Å². The Bertz CT molecular complexity index is 468. The Morgan fingerprint density at radius 3 is 3.16 bits per heavy atom. The first-order valence-corrected chi connectivity index (χ1v) is 6.92. The Kier molecular flexibility index (Phi) is 4.90. The molecule has 19 heavy (non-hydrogen) atoms. The summed E-state index contributed by atoms with van der Waals surface area (Å²) in [6, 6.07) is 4.49. The molecular formula is C13H16BrFN2O2. The van der Waals surface area contributed by atoms with Crippen molar-refractivity contribution in [3.8, 4) is 0 Å². The van der Waals surface area contributed by atoms with E-state index in [2.05, 4.69) is 21.2 Å².